The van der Waals surface area contributed by atoms with Gasteiger partial charge in [-0.1, -0.05) is 68.7 Å². The summed E-state index contributed by atoms with van der Waals surface area (Å²) in [5.41, 5.74) is 2.50. The maximum Gasteiger partial charge on any atom is 0.460 e. The second-order valence-electron chi connectivity index (χ2n) is 10.8. The van der Waals surface area contributed by atoms with Crippen LogP contribution in [0.25, 0.3) is 0 Å². The van der Waals surface area contributed by atoms with Gasteiger partial charge in [-0.15, -0.1) is 11.8 Å². The van der Waals surface area contributed by atoms with Gasteiger partial charge in [0.1, 0.15) is 5.75 Å². The van der Waals surface area contributed by atoms with Crippen LogP contribution in [0, 0.1) is 6.92 Å². The molecule has 15 heteroatoms. The molecule has 0 aliphatic carbocycles. The second-order valence-corrected chi connectivity index (χ2v) is 12.0. The number of benzene rings is 2. The Kier molecular flexibility index (Phi) is 12.3. The Morgan fingerprint density at radius 1 is 0.711 bits per heavy atom. The molecular formula is C30H33F13OS. The molecule has 0 aromatic heterocycles. The number of unbranched alkanes of at least 4 members (excludes halogenated alkanes) is 2. The van der Waals surface area contributed by atoms with E-state index < -0.39 is 53.2 Å². The van der Waals surface area contributed by atoms with Crippen LogP contribution in [0.3, 0.4) is 0 Å². The highest BCUT2D eigenvalue weighted by Gasteiger charge is 2.90. The number of rotatable bonds is 16. The first kappa shape index (κ1) is 38.9. The molecule has 0 radical (unpaired) electrons. The molecule has 0 amide bonds. The summed E-state index contributed by atoms with van der Waals surface area (Å²) in [4.78, 5) is 0. The zero-order valence-corrected chi connectivity index (χ0v) is 25.3. The number of alkyl halides is 13. The largest absolute Gasteiger partial charge is 0.507 e. The lowest BCUT2D eigenvalue weighted by Gasteiger charge is -2.39. The van der Waals surface area contributed by atoms with Crippen molar-refractivity contribution in [2.75, 3.05) is 5.75 Å². The lowest BCUT2D eigenvalue weighted by atomic mass is 9.93. The molecule has 0 fully saturated rings. The van der Waals surface area contributed by atoms with E-state index in [0.717, 1.165) is 24.8 Å². The summed E-state index contributed by atoms with van der Waals surface area (Å²) in [5.74, 6) is -38.4. The Hall–Kier alpha value is -2.32. The van der Waals surface area contributed by atoms with Gasteiger partial charge in [0.2, 0.25) is 0 Å². The highest BCUT2D eigenvalue weighted by molar-refractivity contribution is 7.99. The molecule has 0 saturated heterocycles. The summed E-state index contributed by atoms with van der Waals surface area (Å²) in [5, 5.41) is 10.1. The van der Waals surface area contributed by atoms with E-state index in [1.165, 1.54) is 6.07 Å². The highest BCUT2D eigenvalue weighted by Crippen LogP contribution is 2.61. The molecule has 2 rings (SSSR count). The Labute approximate surface area is 256 Å². The Morgan fingerprint density at radius 3 is 1.80 bits per heavy atom. The molecule has 2 aromatic rings. The Balaban J connectivity index is 2.52. The van der Waals surface area contributed by atoms with Gasteiger partial charge in [-0.2, -0.15) is 57.1 Å². The van der Waals surface area contributed by atoms with E-state index in [4.69, 9.17) is 0 Å². The number of aromatic hydroxyl groups is 1. The minimum absolute atomic E-state index is 0.182. The highest BCUT2D eigenvalue weighted by atomic mass is 32.2. The molecule has 0 saturated carbocycles. The van der Waals surface area contributed by atoms with E-state index in [2.05, 4.69) is 0 Å². The van der Waals surface area contributed by atoms with E-state index in [9.17, 15) is 62.2 Å². The fourth-order valence-electron chi connectivity index (χ4n) is 4.53. The van der Waals surface area contributed by atoms with E-state index in [-0.39, 0.29) is 11.3 Å². The molecule has 45 heavy (non-hydrogen) atoms. The number of aryl methyl sites for hydroxylation is 3. The third kappa shape index (κ3) is 7.81. The van der Waals surface area contributed by atoms with Crippen molar-refractivity contribution in [2.24, 2.45) is 0 Å². The van der Waals surface area contributed by atoms with E-state index in [0.29, 0.717) is 47.7 Å². The van der Waals surface area contributed by atoms with E-state index >= 15 is 0 Å². The smallest absolute Gasteiger partial charge is 0.460 e. The lowest BCUT2D eigenvalue weighted by Crippen LogP contribution is -2.70. The molecule has 0 aliphatic heterocycles. The average Bonchev–Trinajstić information content (AvgIpc) is 2.93. The van der Waals surface area contributed by atoms with Gasteiger partial charge in [-0.3, -0.25) is 0 Å². The topological polar surface area (TPSA) is 20.2 Å². The summed E-state index contributed by atoms with van der Waals surface area (Å²) >= 11 is 0.453. The Bertz CT molecular complexity index is 1270. The van der Waals surface area contributed by atoms with E-state index in [1.54, 1.807) is 37.3 Å². The normalized spacial score (nSPS) is 14.6. The zero-order valence-electron chi connectivity index (χ0n) is 24.5. The van der Waals surface area contributed by atoms with Crippen LogP contribution in [-0.2, 0) is 12.8 Å². The van der Waals surface area contributed by atoms with Crippen molar-refractivity contribution in [3.63, 3.8) is 0 Å². The number of phenolic OH excluding ortho intramolecular Hbond substituents is 1. The van der Waals surface area contributed by atoms with Crippen LogP contribution in [0.1, 0.15) is 79.0 Å². The molecule has 1 atom stereocenters. The van der Waals surface area contributed by atoms with Crippen molar-refractivity contribution in [3.05, 3.63) is 64.2 Å². The van der Waals surface area contributed by atoms with Gasteiger partial charge in [0.05, 0.1) is 5.25 Å². The minimum Gasteiger partial charge on any atom is -0.507 e. The quantitative estimate of drug-likeness (QED) is 0.177. The summed E-state index contributed by atoms with van der Waals surface area (Å²) in [6.07, 6.45) is -5.81. The predicted octanol–water partition coefficient (Wildman–Crippen LogP) is 11.3. The monoisotopic (exact) mass is 688 g/mol. The van der Waals surface area contributed by atoms with E-state index in [1.807, 2.05) is 13.8 Å². The van der Waals surface area contributed by atoms with Crippen molar-refractivity contribution < 1.29 is 62.2 Å². The second kappa shape index (κ2) is 14.2. The molecular weight excluding hydrogens is 655 g/mol. The summed E-state index contributed by atoms with van der Waals surface area (Å²) < 4.78 is 177. The first-order chi connectivity index (χ1) is 20.5. The molecule has 0 aliphatic rings. The van der Waals surface area contributed by atoms with Crippen LogP contribution >= 0.6 is 11.8 Å². The average molecular weight is 689 g/mol. The van der Waals surface area contributed by atoms with Crippen molar-refractivity contribution in [1.29, 1.82) is 0 Å². The number of thioether (sulfide) groups is 1. The van der Waals surface area contributed by atoms with Crippen LogP contribution < -0.4 is 0 Å². The number of hydrogen-bond donors (Lipinski definition) is 1. The molecule has 0 bridgehead atoms. The van der Waals surface area contributed by atoms with Gasteiger partial charge in [-0.05, 0) is 49.3 Å². The van der Waals surface area contributed by atoms with Crippen molar-refractivity contribution in [2.45, 2.75) is 107 Å². The van der Waals surface area contributed by atoms with Crippen molar-refractivity contribution in [1.82, 2.24) is 0 Å². The molecule has 1 nitrogen and oxygen atoms in total. The molecule has 256 valence electrons. The third-order valence-electron chi connectivity index (χ3n) is 7.22. The minimum atomic E-state index is -7.93. The van der Waals surface area contributed by atoms with Gasteiger partial charge in [0.25, 0.3) is 0 Å². The van der Waals surface area contributed by atoms with Gasteiger partial charge in [-0.25, -0.2) is 0 Å². The van der Waals surface area contributed by atoms with Crippen LogP contribution in [0.15, 0.2) is 36.4 Å². The fraction of sp³-hybridized carbons (Fsp3) is 0.600. The predicted molar refractivity (Wildman–Crippen MR) is 146 cm³/mol. The SMILES string of the molecule is CCCCc1cc(CCCC)c(O)c(C(SCCC(F)(F)C(F)(F)C(F)(F)C(F)(F)C(F)(F)C(F)(F)F)c2cccc(C)c2)c1. The third-order valence-corrected chi connectivity index (χ3v) is 8.52. The summed E-state index contributed by atoms with van der Waals surface area (Å²) in [7, 11) is 0. The standard InChI is InChI=1S/C30H33F13OS/c1-4-6-10-19-16-20(11-7-5-2)23(44)22(17-19)24(21-12-8-9-18(3)15-21)45-14-13-25(31,32)26(33,34)27(35,36)28(37,38)29(39,40)30(41,42)43/h8-9,12,15-17,24,44H,4-7,10-11,13-14H2,1-3H3. The molecule has 1 unspecified atom stereocenters. The van der Waals surface area contributed by atoms with Gasteiger partial charge in [0, 0.05) is 17.7 Å². The number of phenols is 1. The number of hydrogen-bond acceptors (Lipinski definition) is 2. The van der Waals surface area contributed by atoms with Crippen LogP contribution in [0.4, 0.5) is 57.1 Å². The number of halogens is 13. The zero-order chi connectivity index (χ0) is 34.6. The molecule has 0 spiro atoms. The molecule has 2 aromatic carbocycles. The fourth-order valence-corrected chi connectivity index (χ4v) is 5.84. The molecule has 0 heterocycles. The maximum absolute atomic E-state index is 14.6. The summed E-state index contributed by atoms with van der Waals surface area (Å²) in [6, 6.07) is 9.71. The summed E-state index contributed by atoms with van der Waals surface area (Å²) in [6.45, 7) is 5.51. The van der Waals surface area contributed by atoms with Crippen LogP contribution in [0.2, 0.25) is 0 Å². The van der Waals surface area contributed by atoms with Crippen LogP contribution in [-0.4, -0.2) is 46.6 Å². The lowest BCUT2D eigenvalue weighted by molar-refractivity contribution is -0.439. The van der Waals surface area contributed by atoms with Gasteiger partial charge >= 0.3 is 35.8 Å². The first-order valence-electron chi connectivity index (χ1n) is 14.0. The van der Waals surface area contributed by atoms with Gasteiger partial charge in [0.15, 0.2) is 0 Å². The first-order valence-corrected chi connectivity index (χ1v) is 15.0. The van der Waals surface area contributed by atoms with Gasteiger partial charge < -0.3 is 5.11 Å². The van der Waals surface area contributed by atoms with Crippen molar-refractivity contribution in [3.8, 4) is 5.75 Å². The maximum atomic E-state index is 14.6. The Morgan fingerprint density at radius 2 is 1.27 bits per heavy atom. The van der Waals surface area contributed by atoms with Crippen molar-refractivity contribution >= 4 is 11.8 Å². The molecule has 1 N–H and O–H groups in total. The van der Waals surface area contributed by atoms with Crippen LogP contribution in [0.5, 0.6) is 5.75 Å².